The van der Waals surface area contributed by atoms with Crippen LogP contribution in [0.3, 0.4) is 0 Å². The number of hydrogen-bond donors (Lipinski definition) is 1. The van der Waals surface area contributed by atoms with E-state index in [9.17, 15) is 0 Å². The van der Waals surface area contributed by atoms with Crippen molar-refractivity contribution < 1.29 is 0 Å². The van der Waals surface area contributed by atoms with E-state index in [1.807, 2.05) is 0 Å². The predicted molar refractivity (Wildman–Crippen MR) is 84.4 cm³/mol. The fraction of sp³-hybridized carbons (Fsp3) is 0.529. The van der Waals surface area contributed by atoms with Crippen molar-refractivity contribution in [2.75, 3.05) is 6.54 Å². The van der Waals surface area contributed by atoms with E-state index >= 15 is 0 Å². The van der Waals surface area contributed by atoms with Crippen LogP contribution in [-0.2, 0) is 0 Å². The van der Waals surface area contributed by atoms with Crippen molar-refractivity contribution in [1.29, 1.82) is 0 Å². The molecule has 1 aromatic rings. The lowest BCUT2D eigenvalue weighted by Crippen LogP contribution is -2.42. The molecule has 1 nitrogen and oxygen atoms in total. The van der Waals surface area contributed by atoms with Crippen molar-refractivity contribution in [3.8, 4) is 0 Å². The van der Waals surface area contributed by atoms with E-state index in [4.69, 9.17) is 0 Å². The quantitative estimate of drug-likeness (QED) is 0.797. The van der Waals surface area contributed by atoms with Gasteiger partial charge >= 0.3 is 0 Å². The topological polar surface area (TPSA) is 12.0 Å². The Labute approximate surface area is 124 Å². The molecule has 0 aromatic heterocycles. The molecule has 2 aliphatic rings. The average molecular weight is 320 g/mol. The Kier molecular flexibility index (Phi) is 4.39. The SMILES string of the molecule is Brc1ccccc1C1CC(NCC2CC=CCC2)C1. The van der Waals surface area contributed by atoms with Crippen LogP contribution in [0.1, 0.15) is 43.6 Å². The van der Waals surface area contributed by atoms with Gasteiger partial charge in [-0.1, -0.05) is 46.3 Å². The van der Waals surface area contributed by atoms with Gasteiger partial charge in [0.2, 0.25) is 0 Å². The maximum atomic E-state index is 3.76. The number of halogens is 1. The third-order valence-electron chi connectivity index (χ3n) is 4.56. The second-order valence-electron chi connectivity index (χ2n) is 5.95. The molecule has 1 unspecified atom stereocenters. The Balaban J connectivity index is 1.43. The molecule has 1 saturated carbocycles. The minimum Gasteiger partial charge on any atom is -0.314 e. The second-order valence-corrected chi connectivity index (χ2v) is 6.80. The summed E-state index contributed by atoms with van der Waals surface area (Å²) in [5, 5.41) is 3.76. The molecule has 3 rings (SSSR count). The molecule has 0 amide bonds. The molecule has 2 heteroatoms. The minimum atomic E-state index is 0.739. The largest absolute Gasteiger partial charge is 0.314 e. The van der Waals surface area contributed by atoms with E-state index in [-0.39, 0.29) is 0 Å². The van der Waals surface area contributed by atoms with Crippen LogP contribution in [0.2, 0.25) is 0 Å². The lowest BCUT2D eigenvalue weighted by molar-refractivity contribution is 0.271. The zero-order valence-electron chi connectivity index (χ0n) is 11.3. The lowest BCUT2D eigenvalue weighted by Gasteiger charge is -2.38. The van der Waals surface area contributed by atoms with Crippen LogP contribution in [0, 0.1) is 5.92 Å². The van der Waals surface area contributed by atoms with Crippen LogP contribution in [0.5, 0.6) is 0 Å². The van der Waals surface area contributed by atoms with Crippen LogP contribution in [0.4, 0.5) is 0 Å². The van der Waals surface area contributed by atoms with Gasteiger partial charge < -0.3 is 5.32 Å². The summed E-state index contributed by atoms with van der Waals surface area (Å²) in [6.07, 6.45) is 11.2. The Morgan fingerprint density at radius 3 is 2.74 bits per heavy atom. The molecule has 0 heterocycles. The highest BCUT2D eigenvalue weighted by Crippen LogP contribution is 2.40. The van der Waals surface area contributed by atoms with Gasteiger partial charge in [-0.15, -0.1) is 0 Å². The molecule has 1 N–H and O–H groups in total. The van der Waals surface area contributed by atoms with E-state index in [0.717, 1.165) is 17.9 Å². The van der Waals surface area contributed by atoms with E-state index < -0.39 is 0 Å². The van der Waals surface area contributed by atoms with Crippen LogP contribution in [-0.4, -0.2) is 12.6 Å². The molecule has 1 fully saturated rings. The van der Waals surface area contributed by atoms with Crippen molar-refractivity contribution in [3.05, 3.63) is 46.5 Å². The predicted octanol–water partition coefficient (Wildman–Crippen LogP) is 4.64. The fourth-order valence-electron chi connectivity index (χ4n) is 3.22. The molecule has 0 bridgehead atoms. The van der Waals surface area contributed by atoms with Gasteiger partial charge in [-0.3, -0.25) is 0 Å². The summed E-state index contributed by atoms with van der Waals surface area (Å²) < 4.78 is 1.27. The normalized spacial score (nSPS) is 30.1. The molecule has 1 atom stereocenters. The summed E-state index contributed by atoms with van der Waals surface area (Å²) >= 11 is 3.67. The molecule has 1 aromatic carbocycles. The van der Waals surface area contributed by atoms with Crippen LogP contribution in [0.25, 0.3) is 0 Å². The van der Waals surface area contributed by atoms with Gasteiger partial charge in [0.15, 0.2) is 0 Å². The van der Waals surface area contributed by atoms with Gasteiger partial charge in [0.05, 0.1) is 0 Å². The van der Waals surface area contributed by atoms with Gasteiger partial charge in [0.25, 0.3) is 0 Å². The van der Waals surface area contributed by atoms with Gasteiger partial charge in [0, 0.05) is 10.5 Å². The Bertz CT molecular complexity index is 448. The first-order chi connectivity index (χ1) is 9.33. The summed E-state index contributed by atoms with van der Waals surface area (Å²) in [5.74, 6) is 1.62. The highest BCUT2D eigenvalue weighted by Gasteiger charge is 2.31. The molecule has 0 radical (unpaired) electrons. The van der Waals surface area contributed by atoms with Crippen LogP contribution < -0.4 is 5.32 Å². The van der Waals surface area contributed by atoms with Gasteiger partial charge in [-0.2, -0.15) is 0 Å². The summed E-state index contributed by atoms with van der Waals surface area (Å²) in [6.45, 7) is 1.21. The van der Waals surface area contributed by atoms with Crippen molar-refractivity contribution >= 4 is 15.9 Å². The van der Waals surface area contributed by atoms with E-state index in [1.165, 1.54) is 48.7 Å². The second kappa shape index (κ2) is 6.23. The monoisotopic (exact) mass is 319 g/mol. The summed E-state index contributed by atoms with van der Waals surface area (Å²) in [6, 6.07) is 9.40. The standard InChI is InChI=1S/C17H22BrN/c18-17-9-5-4-8-16(17)14-10-15(11-14)19-12-13-6-2-1-3-7-13/h1-2,4-5,8-9,13-15,19H,3,6-7,10-12H2. The smallest absolute Gasteiger partial charge is 0.0210 e. The van der Waals surface area contributed by atoms with Gasteiger partial charge in [0.1, 0.15) is 0 Å². The lowest BCUT2D eigenvalue weighted by atomic mass is 9.75. The van der Waals surface area contributed by atoms with Crippen LogP contribution in [0.15, 0.2) is 40.9 Å². The first kappa shape index (κ1) is 13.4. The first-order valence-electron chi connectivity index (χ1n) is 7.45. The van der Waals surface area contributed by atoms with Gasteiger partial charge in [-0.25, -0.2) is 0 Å². The first-order valence-corrected chi connectivity index (χ1v) is 8.25. The third kappa shape index (κ3) is 3.29. The van der Waals surface area contributed by atoms with E-state index in [0.29, 0.717) is 0 Å². The van der Waals surface area contributed by atoms with Gasteiger partial charge in [-0.05, 0) is 62.1 Å². The summed E-state index contributed by atoms with van der Waals surface area (Å²) in [7, 11) is 0. The van der Waals surface area contributed by atoms with Crippen molar-refractivity contribution in [2.45, 2.75) is 44.1 Å². The Hall–Kier alpha value is -0.600. The molecule has 0 saturated heterocycles. The Morgan fingerprint density at radius 1 is 1.16 bits per heavy atom. The third-order valence-corrected chi connectivity index (χ3v) is 5.28. The molecule has 102 valence electrons. The molecule has 2 aliphatic carbocycles. The number of hydrogen-bond acceptors (Lipinski definition) is 1. The summed E-state index contributed by atoms with van der Waals surface area (Å²) in [4.78, 5) is 0. The summed E-state index contributed by atoms with van der Waals surface area (Å²) in [5.41, 5.74) is 1.49. The molecule has 0 aliphatic heterocycles. The number of rotatable bonds is 4. The molecule has 0 spiro atoms. The highest BCUT2D eigenvalue weighted by atomic mass is 79.9. The van der Waals surface area contributed by atoms with E-state index in [2.05, 4.69) is 57.7 Å². The number of allylic oxidation sites excluding steroid dienone is 2. The van der Waals surface area contributed by atoms with Crippen LogP contribution >= 0.6 is 15.9 Å². The maximum Gasteiger partial charge on any atom is 0.0210 e. The Morgan fingerprint density at radius 2 is 2.00 bits per heavy atom. The van der Waals surface area contributed by atoms with E-state index in [1.54, 1.807) is 0 Å². The zero-order valence-corrected chi connectivity index (χ0v) is 12.9. The number of benzene rings is 1. The fourth-order valence-corrected chi connectivity index (χ4v) is 3.83. The van der Waals surface area contributed by atoms with Crippen molar-refractivity contribution in [2.24, 2.45) is 5.92 Å². The maximum absolute atomic E-state index is 3.76. The average Bonchev–Trinajstić information content (AvgIpc) is 2.40. The molecular weight excluding hydrogens is 298 g/mol. The van der Waals surface area contributed by atoms with Crippen molar-refractivity contribution in [1.82, 2.24) is 5.32 Å². The number of nitrogens with one attached hydrogen (secondary N) is 1. The minimum absolute atomic E-state index is 0.739. The molecule has 19 heavy (non-hydrogen) atoms. The highest BCUT2D eigenvalue weighted by molar-refractivity contribution is 9.10. The van der Waals surface area contributed by atoms with Crippen molar-refractivity contribution in [3.63, 3.8) is 0 Å². The zero-order chi connectivity index (χ0) is 13.1. The molecular formula is C17H22BrN.